The number of benzene rings is 3. The van der Waals surface area contributed by atoms with Crippen LogP contribution < -0.4 is 4.74 Å². The molecule has 1 unspecified atom stereocenters. The monoisotopic (exact) mass is 528 g/mol. The predicted molar refractivity (Wildman–Crippen MR) is 167 cm³/mol. The van der Waals surface area contributed by atoms with Crippen LogP contribution in [0.1, 0.15) is 108 Å². The summed E-state index contributed by atoms with van der Waals surface area (Å²) >= 11 is 0. The minimum Gasteiger partial charge on any atom is -0.494 e. The van der Waals surface area contributed by atoms with Crippen molar-refractivity contribution >= 4 is 0 Å². The summed E-state index contributed by atoms with van der Waals surface area (Å²) in [7, 11) is 0. The number of ether oxygens (including phenoxy) is 2. The van der Waals surface area contributed by atoms with Crippen molar-refractivity contribution in [3.8, 4) is 16.9 Å². The first-order chi connectivity index (χ1) is 19.2. The molecule has 0 N–H and O–H groups in total. The summed E-state index contributed by atoms with van der Waals surface area (Å²) in [6.07, 6.45) is 18.3. The maximum atomic E-state index is 5.99. The molecule has 2 nitrogen and oxygen atoms in total. The maximum Gasteiger partial charge on any atom is 0.119 e. The van der Waals surface area contributed by atoms with E-state index in [9.17, 15) is 0 Å². The van der Waals surface area contributed by atoms with Crippen LogP contribution in [0.4, 0.5) is 0 Å². The summed E-state index contributed by atoms with van der Waals surface area (Å²) in [5.74, 6) is 0.982. The molecule has 0 heterocycles. The highest BCUT2D eigenvalue weighted by molar-refractivity contribution is 5.64. The van der Waals surface area contributed by atoms with Gasteiger partial charge < -0.3 is 9.47 Å². The van der Waals surface area contributed by atoms with Crippen LogP contribution in [0.15, 0.2) is 78.9 Å². The number of rotatable bonds is 21. The maximum absolute atomic E-state index is 5.99. The molecule has 0 amide bonds. The zero-order chi connectivity index (χ0) is 27.4. The molecule has 0 aliphatic rings. The average Bonchev–Trinajstić information content (AvgIpc) is 2.98. The van der Waals surface area contributed by atoms with E-state index in [1.807, 2.05) is 0 Å². The minimum absolute atomic E-state index is 0.327. The van der Waals surface area contributed by atoms with E-state index in [-0.39, 0.29) is 0 Å². The van der Waals surface area contributed by atoms with Crippen molar-refractivity contribution in [1.82, 2.24) is 0 Å². The summed E-state index contributed by atoms with van der Waals surface area (Å²) in [4.78, 5) is 0. The Morgan fingerprint density at radius 3 is 1.85 bits per heavy atom. The molecule has 0 spiro atoms. The summed E-state index contributed by atoms with van der Waals surface area (Å²) in [5.41, 5.74) is 5.22. The van der Waals surface area contributed by atoms with Gasteiger partial charge in [-0.1, -0.05) is 138 Å². The quantitative estimate of drug-likeness (QED) is 0.128. The third kappa shape index (κ3) is 13.4. The van der Waals surface area contributed by atoms with Gasteiger partial charge in [0, 0.05) is 0 Å². The van der Waals surface area contributed by atoms with Crippen molar-refractivity contribution in [3.05, 3.63) is 90.0 Å². The Kier molecular flexibility index (Phi) is 15.5. The fourth-order valence-electron chi connectivity index (χ4n) is 5.04. The van der Waals surface area contributed by atoms with Crippen LogP contribution >= 0.6 is 0 Å². The smallest absolute Gasteiger partial charge is 0.119 e. The van der Waals surface area contributed by atoms with E-state index in [1.54, 1.807) is 0 Å². The second-order valence-corrected chi connectivity index (χ2v) is 11.1. The van der Waals surface area contributed by atoms with Crippen LogP contribution in [-0.4, -0.2) is 12.7 Å². The minimum atomic E-state index is 0.327. The molecule has 0 aliphatic carbocycles. The highest BCUT2D eigenvalue weighted by Crippen LogP contribution is 2.24. The van der Waals surface area contributed by atoms with Gasteiger partial charge in [-0.3, -0.25) is 0 Å². The lowest BCUT2D eigenvalue weighted by atomic mass is 10.0. The molecule has 0 saturated heterocycles. The molecule has 39 heavy (non-hydrogen) atoms. The summed E-state index contributed by atoms with van der Waals surface area (Å²) in [5, 5.41) is 0. The molecule has 0 aliphatic heterocycles. The number of aryl methyl sites for hydroxylation is 1. The standard InChI is InChI=1S/C37H52O2/c1-3-4-5-6-7-8-11-17-30-38-37-28-26-36(27-29-37)35-24-22-33(23-25-35)19-14-10-9-13-18-32(2)39-31-34-20-15-12-16-21-34/h12,15-16,20-29,32H,3-11,13-14,17-19,30-31H2,1-2H3. The van der Waals surface area contributed by atoms with Gasteiger partial charge in [0.2, 0.25) is 0 Å². The van der Waals surface area contributed by atoms with E-state index in [2.05, 4.69) is 92.7 Å². The molecule has 0 saturated carbocycles. The average molecular weight is 529 g/mol. The first kappa shape index (κ1) is 31.0. The largest absolute Gasteiger partial charge is 0.494 e. The molecule has 1 atom stereocenters. The lowest BCUT2D eigenvalue weighted by molar-refractivity contribution is 0.0459. The van der Waals surface area contributed by atoms with E-state index in [0.29, 0.717) is 6.10 Å². The van der Waals surface area contributed by atoms with Crippen LogP contribution in [0.3, 0.4) is 0 Å². The van der Waals surface area contributed by atoms with Crippen molar-refractivity contribution in [1.29, 1.82) is 0 Å². The fraction of sp³-hybridized carbons (Fsp3) is 0.514. The molecule has 2 heteroatoms. The van der Waals surface area contributed by atoms with Gasteiger partial charge in [-0.15, -0.1) is 0 Å². The first-order valence-electron chi connectivity index (χ1n) is 15.7. The number of unbranched alkanes of at least 4 members (excludes halogenated alkanes) is 10. The highest BCUT2D eigenvalue weighted by Gasteiger charge is 2.04. The van der Waals surface area contributed by atoms with Crippen LogP contribution in [0.5, 0.6) is 5.75 Å². The highest BCUT2D eigenvalue weighted by atomic mass is 16.5. The lowest BCUT2D eigenvalue weighted by Gasteiger charge is -2.13. The van der Waals surface area contributed by atoms with E-state index in [1.165, 1.54) is 92.9 Å². The second-order valence-electron chi connectivity index (χ2n) is 11.1. The molecule has 0 fully saturated rings. The third-order valence-corrected chi connectivity index (χ3v) is 7.61. The summed E-state index contributed by atoms with van der Waals surface area (Å²) in [6, 6.07) is 28.2. The SMILES string of the molecule is CCCCCCCCCCOc1ccc(-c2ccc(CCCCCCC(C)OCc3ccccc3)cc2)cc1. The lowest BCUT2D eigenvalue weighted by Crippen LogP contribution is -2.07. The molecule has 0 bridgehead atoms. The molecule has 212 valence electrons. The molecule has 3 aromatic carbocycles. The predicted octanol–water partition coefficient (Wildman–Crippen LogP) is 11.0. The number of hydrogen-bond acceptors (Lipinski definition) is 2. The van der Waals surface area contributed by atoms with Gasteiger partial charge in [-0.2, -0.15) is 0 Å². The van der Waals surface area contributed by atoms with Gasteiger partial charge >= 0.3 is 0 Å². The van der Waals surface area contributed by atoms with E-state index < -0.39 is 0 Å². The Hall–Kier alpha value is -2.58. The van der Waals surface area contributed by atoms with E-state index >= 15 is 0 Å². The molecule has 3 aromatic rings. The normalized spacial score (nSPS) is 11.9. The van der Waals surface area contributed by atoms with Gasteiger partial charge in [0.25, 0.3) is 0 Å². The third-order valence-electron chi connectivity index (χ3n) is 7.61. The van der Waals surface area contributed by atoms with Gasteiger partial charge in [0.1, 0.15) is 5.75 Å². The topological polar surface area (TPSA) is 18.5 Å². The van der Waals surface area contributed by atoms with Crippen molar-refractivity contribution in [2.75, 3.05) is 6.61 Å². The van der Waals surface area contributed by atoms with Crippen LogP contribution in [0.25, 0.3) is 11.1 Å². The Morgan fingerprint density at radius 2 is 1.15 bits per heavy atom. The summed E-state index contributed by atoms with van der Waals surface area (Å²) < 4.78 is 12.0. The van der Waals surface area contributed by atoms with Gasteiger partial charge in [-0.25, -0.2) is 0 Å². The Labute approximate surface area is 239 Å². The molecule has 3 rings (SSSR count). The Balaban J connectivity index is 1.23. The fourth-order valence-corrected chi connectivity index (χ4v) is 5.04. The van der Waals surface area contributed by atoms with Gasteiger partial charge in [0.15, 0.2) is 0 Å². The second kappa shape index (κ2) is 19.5. The first-order valence-corrected chi connectivity index (χ1v) is 15.7. The Morgan fingerprint density at radius 1 is 0.564 bits per heavy atom. The van der Waals surface area contributed by atoms with Crippen LogP contribution in [0.2, 0.25) is 0 Å². The van der Waals surface area contributed by atoms with Crippen LogP contribution in [0, 0.1) is 0 Å². The molecular weight excluding hydrogens is 476 g/mol. The zero-order valence-corrected chi connectivity index (χ0v) is 24.7. The van der Waals surface area contributed by atoms with Gasteiger partial charge in [0.05, 0.1) is 19.3 Å². The van der Waals surface area contributed by atoms with E-state index in [4.69, 9.17) is 9.47 Å². The van der Waals surface area contributed by atoms with Crippen molar-refractivity contribution in [3.63, 3.8) is 0 Å². The van der Waals surface area contributed by atoms with Crippen molar-refractivity contribution in [2.24, 2.45) is 0 Å². The van der Waals surface area contributed by atoms with Gasteiger partial charge in [-0.05, 0) is 67.0 Å². The zero-order valence-electron chi connectivity index (χ0n) is 24.7. The molecule has 0 aromatic heterocycles. The Bertz CT molecular complexity index is 978. The van der Waals surface area contributed by atoms with Crippen LogP contribution in [-0.2, 0) is 17.8 Å². The van der Waals surface area contributed by atoms with Crippen molar-refractivity contribution < 1.29 is 9.47 Å². The molecular formula is C37H52O2. The number of hydrogen-bond donors (Lipinski definition) is 0. The summed E-state index contributed by atoms with van der Waals surface area (Å²) in [6.45, 7) is 6.01. The molecule has 0 radical (unpaired) electrons. The van der Waals surface area contributed by atoms with E-state index in [0.717, 1.165) is 38.2 Å². The van der Waals surface area contributed by atoms with Crippen molar-refractivity contribution in [2.45, 2.75) is 116 Å².